The van der Waals surface area contributed by atoms with Crippen LogP contribution in [0.3, 0.4) is 0 Å². The van der Waals surface area contributed by atoms with Crippen molar-refractivity contribution in [2.75, 3.05) is 18.4 Å². The number of benzene rings is 1. The molecule has 1 aliphatic rings. The van der Waals surface area contributed by atoms with Gasteiger partial charge in [-0.1, -0.05) is 42.3 Å². The standard InChI is InChI=1S/C23H23Cl2N5O/c1-15-5-3-12-30(19(15)14-29-20-9-8-16(24)13-28-20)23(31)21-17(6-2-7-18(21)25)22-26-10-4-11-27-22/h2,4,6-11,13,15,19H,3,5,12,14H2,1H3,(H,28,29)/t15-,19?/m1/s1. The fraction of sp³-hybridized carbons (Fsp3) is 0.304. The molecule has 1 unspecified atom stereocenters. The third-order valence-corrected chi connectivity index (χ3v) is 6.17. The second-order valence-corrected chi connectivity index (χ2v) is 8.51. The van der Waals surface area contributed by atoms with E-state index < -0.39 is 0 Å². The predicted molar refractivity (Wildman–Crippen MR) is 123 cm³/mol. The quantitative estimate of drug-likeness (QED) is 0.572. The van der Waals surface area contributed by atoms with Crippen molar-refractivity contribution in [3.63, 3.8) is 0 Å². The number of hydrogen-bond acceptors (Lipinski definition) is 5. The van der Waals surface area contributed by atoms with Gasteiger partial charge < -0.3 is 10.2 Å². The number of nitrogens with one attached hydrogen (secondary N) is 1. The maximum atomic E-state index is 13.8. The van der Waals surface area contributed by atoms with Gasteiger partial charge in [0, 0.05) is 37.2 Å². The number of rotatable bonds is 5. The minimum atomic E-state index is -0.101. The van der Waals surface area contributed by atoms with Gasteiger partial charge in [0.05, 0.1) is 21.7 Å². The Kier molecular flexibility index (Phi) is 6.68. The SMILES string of the molecule is C[C@@H]1CCCN(C(=O)c2c(Cl)cccc2-c2ncccn2)C1CNc1ccc(Cl)cn1. The lowest BCUT2D eigenvalue weighted by molar-refractivity contribution is 0.0541. The fourth-order valence-electron chi connectivity index (χ4n) is 4.01. The number of anilines is 1. The number of halogens is 2. The summed E-state index contributed by atoms with van der Waals surface area (Å²) in [4.78, 5) is 28.6. The van der Waals surface area contributed by atoms with E-state index in [1.165, 1.54) is 0 Å². The van der Waals surface area contributed by atoms with Crippen LogP contribution in [-0.4, -0.2) is 44.9 Å². The largest absolute Gasteiger partial charge is 0.368 e. The van der Waals surface area contributed by atoms with Gasteiger partial charge in [0.15, 0.2) is 5.82 Å². The van der Waals surface area contributed by atoms with E-state index in [2.05, 4.69) is 27.2 Å². The summed E-state index contributed by atoms with van der Waals surface area (Å²) in [5, 5.41) is 4.34. The number of carbonyl (C=O) groups excluding carboxylic acids is 1. The van der Waals surface area contributed by atoms with Gasteiger partial charge in [-0.15, -0.1) is 0 Å². The minimum absolute atomic E-state index is 0.000424. The van der Waals surface area contributed by atoms with Crippen molar-refractivity contribution in [1.82, 2.24) is 19.9 Å². The fourth-order valence-corrected chi connectivity index (χ4v) is 4.38. The zero-order chi connectivity index (χ0) is 21.8. The molecule has 1 amide bonds. The Labute approximate surface area is 191 Å². The number of piperidine rings is 1. The van der Waals surface area contributed by atoms with Gasteiger partial charge in [0.25, 0.3) is 5.91 Å². The van der Waals surface area contributed by atoms with Crippen LogP contribution in [0.15, 0.2) is 55.0 Å². The summed E-state index contributed by atoms with van der Waals surface area (Å²) in [6.07, 6.45) is 6.93. The molecule has 0 saturated carbocycles. The Balaban J connectivity index is 1.62. The molecule has 0 radical (unpaired) electrons. The lowest BCUT2D eigenvalue weighted by Crippen LogP contribution is -2.51. The molecule has 31 heavy (non-hydrogen) atoms. The molecule has 3 aromatic rings. The van der Waals surface area contributed by atoms with Crippen molar-refractivity contribution < 1.29 is 4.79 Å². The molecule has 1 aliphatic heterocycles. The van der Waals surface area contributed by atoms with Crippen molar-refractivity contribution in [2.24, 2.45) is 5.92 Å². The Morgan fingerprint density at radius 1 is 1.13 bits per heavy atom. The van der Waals surface area contributed by atoms with Crippen LogP contribution in [0, 0.1) is 5.92 Å². The second-order valence-electron chi connectivity index (χ2n) is 7.66. The third-order valence-electron chi connectivity index (χ3n) is 5.63. The molecular formula is C23H23Cl2N5O. The van der Waals surface area contributed by atoms with Gasteiger partial charge in [-0.25, -0.2) is 15.0 Å². The monoisotopic (exact) mass is 455 g/mol. The molecule has 1 N–H and O–H groups in total. The number of nitrogens with zero attached hydrogens (tertiary/aromatic N) is 4. The van der Waals surface area contributed by atoms with E-state index in [4.69, 9.17) is 23.2 Å². The Hall–Kier alpha value is -2.70. The van der Waals surface area contributed by atoms with Gasteiger partial charge in [0.2, 0.25) is 0 Å². The molecule has 2 atom stereocenters. The average Bonchev–Trinajstić information content (AvgIpc) is 2.79. The van der Waals surface area contributed by atoms with E-state index in [1.54, 1.807) is 36.8 Å². The van der Waals surface area contributed by atoms with Crippen molar-refractivity contribution in [1.29, 1.82) is 0 Å². The maximum Gasteiger partial charge on any atom is 0.256 e. The summed E-state index contributed by atoms with van der Waals surface area (Å²) in [5.41, 5.74) is 1.08. The highest BCUT2D eigenvalue weighted by molar-refractivity contribution is 6.34. The first kappa shape index (κ1) is 21.5. The van der Waals surface area contributed by atoms with Crippen LogP contribution in [0.5, 0.6) is 0 Å². The number of aromatic nitrogens is 3. The van der Waals surface area contributed by atoms with Crippen LogP contribution in [0.4, 0.5) is 5.82 Å². The molecular weight excluding hydrogens is 433 g/mol. The molecule has 0 aliphatic carbocycles. The Morgan fingerprint density at radius 2 is 1.94 bits per heavy atom. The smallest absolute Gasteiger partial charge is 0.256 e. The van der Waals surface area contributed by atoms with Gasteiger partial charge >= 0.3 is 0 Å². The van der Waals surface area contributed by atoms with E-state index in [0.29, 0.717) is 46.0 Å². The van der Waals surface area contributed by atoms with E-state index in [-0.39, 0.29) is 11.9 Å². The highest BCUT2D eigenvalue weighted by Gasteiger charge is 2.34. The molecule has 1 fully saturated rings. The van der Waals surface area contributed by atoms with Crippen LogP contribution >= 0.6 is 23.2 Å². The summed E-state index contributed by atoms with van der Waals surface area (Å²) >= 11 is 12.5. The van der Waals surface area contributed by atoms with Crippen LogP contribution in [0.2, 0.25) is 10.0 Å². The number of pyridine rings is 1. The van der Waals surface area contributed by atoms with Gasteiger partial charge in [0.1, 0.15) is 5.82 Å². The zero-order valence-corrected chi connectivity index (χ0v) is 18.6. The van der Waals surface area contributed by atoms with E-state index in [0.717, 1.165) is 18.7 Å². The number of carbonyl (C=O) groups is 1. The van der Waals surface area contributed by atoms with E-state index >= 15 is 0 Å². The summed E-state index contributed by atoms with van der Waals surface area (Å²) < 4.78 is 0. The Bertz CT molecular complexity index is 1050. The molecule has 6 nitrogen and oxygen atoms in total. The lowest BCUT2D eigenvalue weighted by Gasteiger charge is -2.40. The first-order valence-corrected chi connectivity index (χ1v) is 11.0. The van der Waals surface area contributed by atoms with E-state index in [9.17, 15) is 4.79 Å². The lowest BCUT2D eigenvalue weighted by atomic mass is 9.89. The summed E-state index contributed by atoms with van der Waals surface area (Å²) in [7, 11) is 0. The molecule has 1 aromatic carbocycles. The van der Waals surface area contributed by atoms with Gasteiger partial charge in [-0.3, -0.25) is 4.79 Å². The number of amides is 1. The molecule has 2 aromatic heterocycles. The summed E-state index contributed by atoms with van der Waals surface area (Å²) in [6.45, 7) is 3.43. The number of likely N-dealkylation sites (tertiary alicyclic amines) is 1. The molecule has 0 bridgehead atoms. The van der Waals surface area contributed by atoms with Crippen molar-refractivity contribution in [3.8, 4) is 11.4 Å². The van der Waals surface area contributed by atoms with Crippen molar-refractivity contribution in [3.05, 3.63) is 70.6 Å². The maximum absolute atomic E-state index is 13.8. The van der Waals surface area contributed by atoms with Crippen LogP contribution in [-0.2, 0) is 0 Å². The third kappa shape index (κ3) is 4.81. The summed E-state index contributed by atoms with van der Waals surface area (Å²) in [6, 6.07) is 10.8. The second kappa shape index (κ2) is 9.62. The highest BCUT2D eigenvalue weighted by atomic mass is 35.5. The molecule has 1 saturated heterocycles. The zero-order valence-electron chi connectivity index (χ0n) is 17.1. The van der Waals surface area contributed by atoms with Gasteiger partial charge in [-0.2, -0.15) is 0 Å². The molecule has 160 valence electrons. The first-order valence-electron chi connectivity index (χ1n) is 10.3. The number of hydrogen-bond donors (Lipinski definition) is 1. The molecule has 8 heteroatoms. The van der Waals surface area contributed by atoms with Crippen LogP contribution in [0.1, 0.15) is 30.1 Å². The normalized spacial score (nSPS) is 18.6. The van der Waals surface area contributed by atoms with E-state index in [1.807, 2.05) is 23.1 Å². The van der Waals surface area contributed by atoms with Crippen molar-refractivity contribution in [2.45, 2.75) is 25.8 Å². The van der Waals surface area contributed by atoms with Crippen molar-refractivity contribution >= 4 is 34.9 Å². The van der Waals surface area contributed by atoms with Gasteiger partial charge in [-0.05, 0) is 43.0 Å². The predicted octanol–water partition coefficient (Wildman–Crippen LogP) is 5.20. The summed E-state index contributed by atoms with van der Waals surface area (Å²) in [5.74, 6) is 1.44. The minimum Gasteiger partial charge on any atom is -0.368 e. The first-order chi connectivity index (χ1) is 15.0. The van der Waals surface area contributed by atoms with Crippen LogP contribution < -0.4 is 5.32 Å². The topological polar surface area (TPSA) is 71.0 Å². The average molecular weight is 456 g/mol. The van der Waals surface area contributed by atoms with Crippen LogP contribution in [0.25, 0.3) is 11.4 Å². The highest BCUT2D eigenvalue weighted by Crippen LogP contribution is 2.32. The molecule has 3 heterocycles. The molecule has 0 spiro atoms. The Morgan fingerprint density at radius 3 is 2.68 bits per heavy atom. The molecule has 4 rings (SSSR count).